The highest BCUT2D eigenvalue weighted by Gasteiger charge is 2.46. The standard InChI is InChI=1S/C17H17NO4/c1-11-7-15-14(8-18-11)10-22-17(15,12(2)19)21-9-13-5-3-4-6-16(13)20/h3-8,20H,9-10H2,1-2H3. The molecule has 1 aliphatic heterocycles. The third-order valence-corrected chi connectivity index (χ3v) is 3.79. The van der Waals surface area contributed by atoms with Gasteiger partial charge in [-0.05, 0) is 19.1 Å². The van der Waals surface area contributed by atoms with Crippen LogP contribution in [0.15, 0.2) is 36.5 Å². The number of ether oxygens (including phenoxy) is 2. The van der Waals surface area contributed by atoms with Gasteiger partial charge in [-0.3, -0.25) is 9.78 Å². The van der Waals surface area contributed by atoms with Crippen LogP contribution in [0.1, 0.15) is 29.3 Å². The highest BCUT2D eigenvalue weighted by molar-refractivity contribution is 5.86. The van der Waals surface area contributed by atoms with E-state index in [0.717, 1.165) is 11.3 Å². The maximum absolute atomic E-state index is 12.2. The highest BCUT2D eigenvalue weighted by atomic mass is 16.7. The minimum Gasteiger partial charge on any atom is -0.508 e. The molecule has 0 spiro atoms. The van der Waals surface area contributed by atoms with Crippen molar-refractivity contribution in [3.05, 3.63) is 58.9 Å². The Balaban J connectivity index is 1.94. The number of phenols is 1. The molecule has 1 N–H and O–H groups in total. The number of nitrogens with zero attached hydrogens (tertiary/aromatic N) is 1. The number of aryl methyl sites for hydroxylation is 1. The van der Waals surface area contributed by atoms with E-state index >= 15 is 0 Å². The quantitative estimate of drug-likeness (QED) is 0.939. The molecule has 0 fully saturated rings. The fraction of sp³-hybridized carbons (Fsp3) is 0.294. The zero-order valence-electron chi connectivity index (χ0n) is 12.5. The van der Waals surface area contributed by atoms with Crippen molar-refractivity contribution < 1.29 is 19.4 Å². The Morgan fingerprint density at radius 2 is 2.23 bits per heavy atom. The van der Waals surface area contributed by atoms with E-state index in [1.165, 1.54) is 6.92 Å². The van der Waals surface area contributed by atoms with Gasteiger partial charge in [0.05, 0.1) is 13.2 Å². The smallest absolute Gasteiger partial charge is 0.257 e. The summed E-state index contributed by atoms with van der Waals surface area (Å²) in [5, 5.41) is 9.83. The van der Waals surface area contributed by atoms with Gasteiger partial charge in [0.25, 0.3) is 5.79 Å². The Labute approximate surface area is 128 Å². The molecule has 2 aromatic rings. The van der Waals surface area contributed by atoms with E-state index < -0.39 is 5.79 Å². The van der Waals surface area contributed by atoms with Crippen LogP contribution in [0.4, 0.5) is 0 Å². The number of ketones is 1. The van der Waals surface area contributed by atoms with Crippen molar-refractivity contribution in [2.75, 3.05) is 0 Å². The molecular formula is C17H17NO4. The summed E-state index contributed by atoms with van der Waals surface area (Å²) < 4.78 is 11.5. The van der Waals surface area contributed by atoms with Crippen molar-refractivity contribution in [1.82, 2.24) is 4.98 Å². The number of benzene rings is 1. The molecule has 3 rings (SSSR count). The third-order valence-electron chi connectivity index (χ3n) is 3.79. The van der Waals surface area contributed by atoms with E-state index in [-0.39, 0.29) is 24.7 Å². The first-order valence-electron chi connectivity index (χ1n) is 7.05. The Morgan fingerprint density at radius 1 is 1.45 bits per heavy atom. The summed E-state index contributed by atoms with van der Waals surface area (Å²) in [7, 11) is 0. The number of rotatable bonds is 4. The molecule has 0 bridgehead atoms. The van der Waals surface area contributed by atoms with Gasteiger partial charge in [0.1, 0.15) is 5.75 Å². The monoisotopic (exact) mass is 299 g/mol. The van der Waals surface area contributed by atoms with Crippen molar-refractivity contribution in [1.29, 1.82) is 0 Å². The van der Waals surface area contributed by atoms with E-state index in [9.17, 15) is 9.90 Å². The summed E-state index contributed by atoms with van der Waals surface area (Å²) in [5.74, 6) is -1.52. The molecule has 0 aliphatic carbocycles. The lowest BCUT2D eigenvalue weighted by atomic mass is 10.00. The Bertz CT molecular complexity index is 728. The number of carbonyl (C=O) groups is 1. The number of phenolic OH excluding ortho intramolecular Hbond substituents is 1. The first-order chi connectivity index (χ1) is 10.5. The van der Waals surface area contributed by atoms with E-state index in [2.05, 4.69) is 4.98 Å². The molecule has 5 heteroatoms. The predicted octanol–water partition coefficient (Wildman–Crippen LogP) is 2.58. The molecule has 0 radical (unpaired) electrons. The van der Waals surface area contributed by atoms with Crippen LogP contribution in [0, 0.1) is 6.92 Å². The van der Waals surface area contributed by atoms with Crippen molar-refractivity contribution >= 4 is 5.78 Å². The van der Waals surface area contributed by atoms with E-state index in [1.807, 2.05) is 13.0 Å². The van der Waals surface area contributed by atoms with Gasteiger partial charge in [-0.15, -0.1) is 0 Å². The second-order valence-electron chi connectivity index (χ2n) is 5.36. The lowest BCUT2D eigenvalue weighted by Gasteiger charge is -2.27. The van der Waals surface area contributed by atoms with Crippen LogP contribution in [0.25, 0.3) is 0 Å². The largest absolute Gasteiger partial charge is 0.508 e. The lowest BCUT2D eigenvalue weighted by molar-refractivity contribution is -0.233. The first kappa shape index (κ1) is 14.7. The molecule has 0 saturated carbocycles. The van der Waals surface area contributed by atoms with Gasteiger partial charge >= 0.3 is 0 Å². The van der Waals surface area contributed by atoms with Gasteiger partial charge in [0.15, 0.2) is 5.78 Å². The number of Topliss-reactive ketones (excluding diaryl/α,β-unsaturated/α-hetero) is 1. The van der Waals surface area contributed by atoms with Gasteiger partial charge in [-0.25, -0.2) is 0 Å². The molecule has 2 heterocycles. The van der Waals surface area contributed by atoms with Crippen molar-refractivity contribution in [3.8, 4) is 5.75 Å². The molecular weight excluding hydrogens is 282 g/mol. The number of aromatic hydroxyl groups is 1. The van der Waals surface area contributed by atoms with Crippen LogP contribution in [-0.4, -0.2) is 15.9 Å². The van der Waals surface area contributed by atoms with E-state index in [0.29, 0.717) is 11.1 Å². The maximum Gasteiger partial charge on any atom is 0.257 e. The first-order valence-corrected chi connectivity index (χ1v) is 7.05. The number of hydrogen-bond donors (Lipinski definition) is 1. The van der Waals surface area contributed by atoms with Crippen molar-refractivity contribution in [2.24, 2.45) is 0 Å². The van der Waals surface area contributed by atoms with Crippen molar-refractivity contribution in [2.45, 2.75) is 32.8 Å². The zero-order valence-corrected chi connectivity index (χ0v) is 12.5. The SMILES string of the molecule is CC(=O)C1(OCc2ccccc2O)OCc2cnc(C)cc21. The summed E-state index contributed by atoms with van der Waals surface area (Å²) in [6.07, 6.45) is 1.71. The molecule has 1 aromatic carbocycles. The average molecular weight is 299 g/mol. The Hall–Kier alpha value is -2.24. The summed E-state index contributed by atoms with van der Waals surface area (Å²) >= 11 is 0. The van der Waals surface area contributed by atoms with Gasteiger partial charge < -0.3 is 14.6 Å². The van der Waals surface area contributed by atoms with Gasteiger partial charge in [-0.1, -0.05) is 18.2 Å². The summed E-state index contributed by atoms with van der Waals surface area (Å²) in [6.45, 7) is 3.65. The van der Waals surface area contributed by atoms with Crippen LogP contribution < -0.4 is 0 Å². The molecule has 1 aliphatic rings. The molecule has 1 aromatic heterocycles. The highest BCUT2D eigenvalue weighted by Crippen LogP contribution is 2.39. The van der Waals surface area contributed by atoms with Crippen LogP contribution in [0.3, 0.4) is 0 Å². The second-order valence-corrected chi connectivity index (χ2v) is 5.36. The number of para-hydroxylation sites is 1. The minimum absolute atomic E-state index is 0.0765. The van der Waals surface area contributed by atoms with Crippen molar-refractivity contribution in [3.63, 3.8) is 0 Å². The Morgan fingerprint density at radius 3 is 2.95 bits per heavy atom. The number of fused-ring (bicyclic) bond motifs is 1. The molecule has 0 amide bonds. The second kappa shape index (κ2) is 5.51. The zero-order chi connectivity index (χ0) is 15.7. The maximum atomic E-state index is 12.2. The van der Waals surface area contributed by atoms with Crippen LogP contribution in [0.5, 0.6) is 5.75 Å². The molecule has 1 unspecified atom stereocenters. The van der Waals surface area contributed by atoms with Gasteiger partial charge in [0, 0.05) is 35.5 Å². The molecule has 22 heavy (non-hydrogen) atoms. The van der Waals surface area contributed by atoms with Gasteiger partial charge in [0.2, 0.25) is 0 Å². The number of aromatic nitrogens is 1. The average Bonchev–Trinajstić information content (AvgIpc) is 2.86. The molecule has 5 nitrogen and oxygen atoms in total. The normalized spacial score (nSPS) is 19.9. The van der Waals surface area contributed by atoms with Crippen LogP contribution >= 0.6 is 0 Å². The number of hydrogen-bond acceptors (Lipinski definition) is 5. The molecule has 0 saturated heterocycles. The van der Waals surface area contributed by atoms with E-state index in [1.54, 1.807) is 30.5 Å². The third kappa shape index (κ3) is 2.38. The Kier molecular flexibility index (Phi) is 3.68. The van der Waals surface area contributed by atoms with Crippen LogP contribution in [0.2, 0.25) is 0 Å². The van der Waals surface area contributed by atoms with Crippen LogP contribution in [-0.2, 0) is 33.3 Å². The van der Waals surface area contributed by atoms with Gasteiger partial charge in [-0.2, -0.15) is 0 Å². The summed E-state index contributed by atoms with van der Waals surface area (Å²) in [6, 6.07) is 8.68. The fourth-order valence-corrected chi connectivity index (χ4v) is 2.59. The fourth-order valence-electron chi connectivity index (χ4n) is 2.59. The van der Waals surface area contributed by atoms with E-state index in [4.69, 9.17) is 9.47 Å². The molecule has 114 valence electrons. The summed E-state index contributed by atoms with van der Waals surface area (Å²) in [4.78, 5) is 16.4. The summed E-state index contributed by atoms with van der Waals surface area (Å²) in [5.41, 5.74) is 2.94. The minimum atomic E-state index is -1.43. The molecule has 1 atom stereocenters. The predicted molar refractivity (Wildman–Crippen MR) is 79.0 cm³/mol. The number of carbonyl (C=O) groups excluding carboxylic acids is 1. The topological polar surface area (TPSA) is 68.7 Å². The lowest BCUT2D eigenvalue weighted by Crippen LogP contribution is -2.36. The number of pyridine rings is 1.